The predicted molar refractivity (Wildman–Crippen MR) is 123 cm³/mol. The molecule has 7 heteroatoms. The van der Waals surface area contributed by atoms with Gasteiger partial charge in [0.1, 0.15) is 11.3 Å². The van der Waals surface area contributed by atoms with Crippen LogP contribution >= 0.6 is 27.5 Å². The highest BCUT2D eigenvalue weighted by molar-refractivity contribution is 9.10. The summed E-state index contributed by atoms with van der Waals surface area (Å²) in [6.07, 6.45) is 0. The van der Waals surface area contributed by atoms with Crippen molar-refractivity contribution in [3.8, 4) is 5.75 Å². The number of carbonyl (C=O) groups is 1. The number of hydrogen-bond donors (Lipinski definition) is 0. The van der Waals surface area contributed by atoms with Gasteiger partial charge in [-0.3, -0.25) is 14.5 Å². The summed E-state index contributed by atoms with van der Waals surface area (Å²) < 4.78 is 12.1. The van der Waals surface area contributed by atoms with Gasteiger partial charge in [0.25, 0.3) is 5.91 Å². The number of benzene rings is 3. The number of nitrogens with zero attached hydrogens (tertiary/aromatic N) is 1. The second kappa shape index (κ2) is 7.55. The Balaban J connectivity index is 1.83. The van der Waals surface area contributed by atoms with Crippen molar-refractivity contribution in [2.45, 2.75) is 6.04 Å². The number of anilines is 1. The van der Waals surface area contributed by atoms with Crippen LogP contribution in [0.15, 0.2) is 80.4 Å². The molecule has 2 heterocycles. The van der Waals surface area contributed by atoms with E-state index in [9.17, 15) is 9.59 Å². The first-order chi connectivity index (χ1) is 15.0. The third-order valence-corrected chi connectivity index (χ3v) is 6.06. The zero-order chi connectivity index (χ0) is 21.7. The lowest BCUT2D eigenvalue weighted by atomic mass is 9.98. The van der Waals surface area contributed by atoms with Gasteiger partial charge in [-0.25, -0.2) is 0 Å². The Morgan fingerprint density at radius 3 is 2.61 bits per heavy atom. The highest BCUT2D eigenvalue weighted by Crippen LogP contribution is 2.42. The third-order valence-electron chi connectivity index (χ3n) is 5.33. The van der Waals surface area contributed by atoms with Gasteiger partial charge in [0.2, 0.25) is 5.76 Å². The minimum absolute atomic E-state index is 0.0348. The fourth-order valence-electron chi connectivity index (χ4n) is 3.96. The van der Waals surface area contributed by atoms with Gasteiger partial charge < -0.3 is 9.15 Å². The van der Waals surface area contributed by atoms with Crippen LogP contribution in [0.3, 0.4) is 0 Å². The molecule has 1 atom stereocenters. The van der Waals surface area contributed by atoms with Crippen LogP contribution in [-0.2, 0) is 0 Å². The molecular weight excluding hydrogens is 482 g/mol. The molecule has 0 bridgehead atoms. The number of fused-ring (bicyclic) bond motifs is 2. The minimum atomic E-state index is -0.675. The van der Waals surface area contributed by atoms with E-state index in [4.69, 9.17) is 20.8 Å². The van der Waals surface area contributed by atoms with Gasteiger partial charge in [0, 0.05) is 15.2 Å². The normalized spacial score (nSPS) is 15.4. The molecule has 1 aromatic heterocycles. The molecule has 0 saturated carbocycles. The van der Waals surface area contributed by atoms with E-state index in [-0.39, 0.29) is 22.7 Å². The lowest BCUT2D eigenvalue weighted by Gasteiger charge is -2.25. The Labute approximate surface area is 190 Å². The maximum Gasteiger partial charge on any atom is 0.295 e. The van der Waals surface area contributed by atoms with Crippen LogP contribution in [0.2, 0.25) is 5.02 Å². The van der Waals surface area contributed by atoms with Crippen molar-refractivity contribution in [1.29, 1.82) is 0 Å². The Morgan fingerprint density at radius 1 is 1.03 bits per heavy atom. The lowest BCUT2D eigenvalue weighted by Crippen LogP contribution is -2.29. The fraction of sp³-hybridized carbons (Fsp3) is 0.0833. The molecule has 1 aliphatic rings. The number of methoxy groups -OCH3 is 1. The van der Waals surface area contributed by atoms with Gasteiger partial charge in [0.15, 0.2) is 5.43 Å². The van der Waals surface area contributed by atoms with Gasteiger partial charge in [-0.05, 0) is 54.1 Å². The summed E-state index contributed by atoms with van der Waals surface area (Å²) in [6, 6.07) is 18.8. The summed E-state index contributed by atoms with van der Waals surface area (Å²) in [5, 5.41) is 0.758. The summed E-state index contributed by atoms with van der Waals surface area (Å²) in [7, 11) is 1.57. The fourth-order valence-corrected chi connectivity index (χ4v) is 4.52. The van der Waals surface area contributed by atoms with E-state index in [2.05, 4.69) is 15.9 Å². The number of hydrogen-bond acceptors (Lipinski definition) is 4. The van der Waals surface area contributed by atoms with E-state index in [1.54, 1.807) is 30.2 Å². The molecular formula is C24H15BrClNO4. The highest BCUT2D eigenvalue weighted by atomic mass is 79.9. The number of halogens is 2. The van der Waals surface area contributed by atoms with E-state index in [0.29, 0.717) is 27.4 Å². The molecule has 0 N–H and O–H groups in total. The topological polar surface area (TPSA) is 59.8 Å². The molecule has 0 radical (unpaired) electrons. The Morgan fingerprint density at radius 2 is 1.84 bits per heavy atom. The molecule has 31 heavy (non-hydrogen) atoms. The molecule has 5 rings (SSSR count). The van der Waals surface area contributed by atoms with E-state index in [1.807, 2.05) is 48.5 Å². The number of ether oxygens (including phenoxy) is 1. The van der Waals surface area contributed by atoms with Crippen molar-refractivity contribution < 1.29 is 13.9 Å². The molecule has 3 aromatic carbocycles. The van der Waals surface area contributed by atoms with Crippen molar-refractivity contribution in [3.05, 3.63) is 103 Å². The number of amides is 1. The van der Waals surface area contributed by atoms with Crippen LogP contribution in [-0.4, -0.2) is 13.0 Å². The van der Waals surface area contributed by atoms with E-state index in [1.165, 1.54) is 0 Å². The Hall–Kier alpha value is -3.09. The largest absolute Gasteiger partial charge is 0.497 e. The van der Waals surface area contributed by atoms with Crippen LogP contribution < -0.4 is 15.1 Å². The zero-order valence-electron chi connectivity index (χ0n) is 16.3. The second-order valence-electron chi connectivity index (χ2n) is 7.15. The maximum atomic E-state index is 13.6. The van der Waals surface area contributed by atoms with Crippen molar-refractivity contribution in [3.63, 3.8) is 0 Å². The average molecular weight is 497 g/mol. The van der Waals surface area contributed by atoms with Gasteiger partial charge in [-0.2, -0.15) is 0 Å². The summed E-state index contributed by atoms with van der Waals surface area (Å²) in [4.78, 5) is 28.7. The summed E-state index contributed by atoms with van der Waals surface area (Å²) in [6.45, 7) is 0. The number of rotatable bonds is 3. The first kappa shape index (κ1) is 19.8. The standard InChI is InChI=1S/C24H15BrClNO4/c1-30-17-7-2-4-13(10-17)21-20-22(28)18-12-15(26)8-9-19(18)31-23(20)24(29)27(21)16-6-3-5-14(25)11-16/h2-12,21H,1H3. The third kappa shape index (κ3) is 3.23. The molecule has 154 valence electrons. The summed E-state index contributed by atoms with van der Waals surface area (Å²) >= 11 is 9.59. The van der Waals surface area contributed by atoms with Crippen LogP contribution in [0.5, 0.6) is 5.75 Å². The SMILES string of the molecule is COc1cccc(C2c3c(oc4ccc(Cl)cc4c3=O)C(=O)N2c2cccc(Br)c2)c1. The molecule has 0 saturated heterocycles. The average Bonchev–Trinajstić information content (AvgIpc) is 3.07. The van der Waals surface area contributed by atoms with Crippen LogP contribution in [0, 0.1) is 0 Å². The van der Waals surface area contributed by atoms with Crippen LogP contribution in [0.4, 0.5) is 5.69 Å². The van der Waals surface area contributed by atoms with Crippen LogP contribution in [0.1, 0.15) is 27.7 Å². The van der Waals surface area contributed by atoms with E-state index >= 15 is 0 Å². The number of carbonyl (C=O) groups excluding carboxylic acids is 1. The van der Waals surface area contributed by atoms with E-state index in [0.717, 1.165) is 10.0 Å². The van der Waals surface area contributed by atoms with Crippen molar-refractivity contribution in [2.75, 3.05) is 12.0 Å². The Kier molecular flexibility index (Phi) is 4.84. The van der Waals surface area contributed by atoms with Crippen molar-refractivity contribution in [1.82, 2.24) is 0 Å². The maximum absolute atomic E-state index is 13.6. The van der Waals surface area contributed by atoms with Gasteiger partial charge in [-0.1, -0.05) is 45.7 Å². The van der Waals surface area contributed by atoms with Crippen LogP contribution in [0.25, 0.3) is 11.0 Å². The lowest BCUT2D eigenvalue weighted by molar-refractivity contribution is 0.0971. The van der Waals surface area contributed by atoms with Crippen molar-refractivity contribution >= 4 is 50.1 Å². The monoisotopic (exact) mass is 495 g/mol. The van der Waals surface area contributed by atoms with Gasteiger partial charge >= 0.3 is 0 Å². The summed E-state index contributed by atoms with van der Waals surface area (Å²) in [5.74, 6) is 0.281. The molecule has 5 nitrogen and oxygen atoms in total. The molecule has 1 unspecified atom stereocenters. The molecule has 0 fully saturated rings. The molecule has 0 spiro atoms. The first-order valence-electron chi connectivity index (χ1n) is 9.47. The minimum Gasteiger partial charge on any atom is -0.497 e. The summed E-state index contributed by atoms with van der Waals surface area (Å²) in [5.41, 5.74) is 1.70. The highest BCUT2D eigenvalue weighted by Gasteiger charge is 2.43. The quantitative estimate of drug-likeness (QED) is 0.351. The van der Waals surface area contributed by atoms with Crippen molar-refractivity contribution in [2.24, 2.45) is 0 Å². The molecule has 1 amide bonds. The molecule has 1 aliphatic heterocycles. The Bertz CT molecular complexity index is 1410. The van der Waals surface area contributed by atoms with Gasteiger partial charge in [-0.15, -0.1) is 0 Å². The predicted octanol–water partition coefficient (Wildman–Crippen LogP) is 5.97. The van der Waals surface area contributed by atoms with Gasteiger partial charge in [0.05, 0.1) is 24.1 Å². The smallest absolute Gasteiger partial charge is 0.295 e. The first-order valence-corrected chi connectivity index (χ1v) is 10.6. The zero-order valence-corrected chi connectivity index (χ0v) is 18.6. The molecule has 0 aliphatic carbocycles. The second-order valence-corrected chi connectivity index (χ2v) is 8.50. The molecule has 4 aromatic rings. The van der Waals surface area contributed by atoms with E-state index < -0.39 is 6.04 Å².